The van der Waals surface area contributed by atoms with Gasteiger partial charge in [-0.2, -0.15) is 0 Å². The number of benzene rings is 1. The highest BCUT2D eigenvalue weighted by Crippen LogP contribution is 2.18. The molecule has 0 saturated heterocycles. The van der Waals surface area contributed by atoms with Crippen LogP contribution in [-0.4, -0.2) is 11.5 Å². The molecule has 1 nitrogen and oxygen atoms in total. The van der Waals surface area contributed by atoms with Crippen LogP contribution in [0.2, 0.25) is 0 Å². The number of carbonyl (C=O) groups excluding carboxylic acids is 1. The van der Waals surface area contributed by atoms with Crippen molar-refractivity contribution in [2.75, 3.05) is 5.75 Å². The second kappa shape index (κ2) is 6.46. The molecule has 0 amide bonds. The predicted octanol–water partition coefficient (Wildman–Crippen LogP) is 3.95. The van der Waals surface area contributed by atoms with Crippen LogP contribution in [0.5, 0.6) is 0 Å². The van der Waals surface area contributed by atoms with Crippen molar-refractivity contribution in [2.45, 2.75) is 24.7 Å². The summed E-state index contributed by atoms with van der Waals surface area (Å²) in [6.45, 7) is 5.69. The van der Waals surface area contributed by atoms with E-state index in [4.69, 9.17) is 0 Å². The lowest BCUT2D eigenvalue weighted by molar-refractivity contribution is 0.0981. The second-order valence-corrected chi connectivity index (χ2v) is 4.39. The van der Waals surface area contributed by atoms with Crippen molar-refractivity contribution in [3.63, 3.8) is 0 Å². The summed E-state index contributed by atoms with van der Waals surface area (Å²) in [5, 5.41) is 0. The van der Waals surface area contributed by atoms with Crippen LogP contribution in [-0.2, 0) is 0 Å². The average Bonchev–Trinajstić information content (AvgIpc) is 2.27. The normalized spacial score (nSPS) is 9.93. The highest BCUT2D eigenvalue weighted by Gasteiger charge is 2.03. The molecule has 0 fully saturated rings. The molecule has 1 rings (SSSR count). The van der Waals surface area contributed by atoms with Gasteiger partial charge in [0.15, 0.2) is 5.78 Å². The first-order valence-corrected chi connectivity index (χ1v) is 6.13. The first kappa shape index (κ1) is 12.1. The molecule has 1 aromatic rings. The zero-order valence-electron chi connectivity index (χ0n) is 9.03. The average molecular weight is 220 g/mol. The van der Waals surface area contributed by atoms with Gasteiger partial charge in [0.1, 0.15) is 0 Å². The van der Waals surface area contributed by atoms with Crippen molar-refractivity contribution in [2.24, 2.45) is 0 Å². The molecule has 0 saturated carbocycles. The van der Waals surface area contributed by atoms with Crippen molar-refractivity contribution in [1.82, 2.24) is 0 Å². The largest absolute Gasteiger partial charge is 0.294 e. The molecule has 1 aromatic carbocycles. The van der Waals surface area contributed by atoms with E-state index in [1.54, 1.807) is 11.8 Å². The third-order valence-electron chi connectivity index (χ3n) is 2.02. The van der Waals surface area contributed by atoms with Crippen molar-refractivity contribution >= 4 is 17.5 Å². The summed E-state index contributed by atoms with van der Waals surface area (Å²) in [5.74, 6) is 1.14. The quantitative estimate of drug-likeness (QED) is 0.410. The molecule has 0 N–H and O–H groups in total. The van der Waals surface area contributed by atoms with E-state index in [2.05, 4.69) is 6.58 Å². The lowest BCUT2D eigenvalue weighted by atomic mass is 10.1. The smallest absolute Gasteiger partial charge is 0.162 e. The highest BCUT2D eigenvalue weighted by molar-refractivity contribution is 7.99. The highest BCUT2D eigenvalue weighted by atomic mass is 32.2. The fourth-order valence-electron chi connectivity index (χ4n) is 1.26. The third-order valence-corrected chi connectivity index (χ3v) is 3.03. The number of hydrogen-bond acceptors (Lipinski definition) is 2. The maximum absolute atomic E-state index is 11.5. The summed E-state index contributed by atoms with van der Waals surface area (Å²) in [6.07, 6.45) is 3.42. The second-order valence-electron chi connectivity index (χ2n) is 3.30. The summed E-state index contributed by atoms with van der Waals surface area (Å²) in [5.41, 5.74) is 0.819. The van der Waals surface area contributed by atoms with E-state index in [0.717, 1.165) is 17.7 Å². The first-order chi connectivity index (χ1) is 7.27. The predicted molar refractivity (Wildman–Crippen MR) is 66.6 cm³/mol. The maximum Gasteiger partial charge on any atom is 0.162 e. The Bertz CT molecular complexity index is 327. The summed E-state index contributed by atoms with van der Waals surface area (Å²) in [4.78, 5) is 12.7. The Morgan fingerprint density at radius 2 is 2.07 bits per heavy atom. The molecule has 0 bridgehead atoms. The van der Waals surface area contributed by atoms with Crippen LogP contribution in [0.3, 0.4) is 0 Å². The van der Waals surface area contributed by atoms with Gasteiger partial charge in [0.25, 0.3) is 0 Å². The monoisotopic (exact) mass is 220 g/mol. The van der Waals surface area contributed by atoms with Crippen LogP contribution in [0, 0.1) is 0 Å². The molecule has 0 unspecified atom stereocenters. The standard InChI is InChI=1S/C13H16OS/c1-3-5-13(14)11-6-8-12(9-7-11)15-10-4-2/h4,6-9H,2-3,5,10H2,1H3. The number of ketones is 1. The number of carbonyl (C=O) groups is 1. The van der Waals surface area contributed by atoms with Gasteiger partial charge in [-0.25, -0.2) is 0 Å². The summed E-state index contributed by atoms with van der Waals surface area (Å²) in [7, 11) is 0. The topological polar surface area (TPSA) is 17.1 Å². The Morgan fingerprint density at radius 1 is 1.40 bits per heavy atom. The summed E-state index contributed by atoms with van der Waals surface area (Å²) in [6, 6.07) is 7.81. The number of Topliss-reactive ketones (excluding diaryl/α,β-unsaturated/α-hetero) is 1. The van der Waals surface area contributed by atoms with Crippen molar-refractivity contribution < 1.29 is 4.79 Å². The lowest BCUT2D eigenvalue weighted by Crippen LogP contribution is -1.97. The molecule has 0 aromatic heterocycles. The van der Waals surface area contributed by atoms with E-state index in [1.165, 1.54) is 4.90 Å². The molecule has 0 spiro atoms. The summed E-state index contributed by atoms with van der Waals surface area (Å²) >= 11 is 1.72. The Labute approximate surface area is 95.6 Å². The van der Waals surface area contributed by atoms with Crippen molar-refractivity contribution in [1.29, 1.82) is 0 Å². The zero-order valence-corrected chi connectivity index (χ0v) is 9.85. The van der Waals surface area contributed by atoms with Gasteiger partial charge in [-0.3, -0.25) is 4.79 Å². The van der Waals surface area contributed by atoms with Crippen LogP contribution < -0.4 is 0 Å². The SMILES string of the molecule is C=CCSc1ccc(C(=O)CCC)cc1. The van der Waals surface area contributed by atoms with Crippen molar-refractivity contribution in [3.05, 3.63) is 42.5 Å². The van der Waals surface area contributed by atoms with Crippen LogP contribution in [0.25, 0.3) is 0 Å². The molecule has 0 aliphatic carbocycles. The van der Waals surface area contributed by atoms with Gasteiger partial charge in [-0.1, -0.05) is 25.1 Å². The molecular formula is C13H16OS. The third kappa shape index (κ3) is 3.92. The fourth-order valence-corrected chi connectivity index (χ4v) is 1.90. The number of rotatable bonds is 6. The van der Waals surface area contributed by atoms with E-state index in [1.807, 2.05) is 37.3 Å². The molecule has 0 heterocycles. The van der Waals surface area contributed by atoms with Gasteiger partial charge >= 0.3 is 0 Å². The number of hydrogen-bond donors (Lipinski definition) is 0. The molecular weight excluding hydrogens is 204 g/mol. The minimum atomic E-state index is 0.234. The van der Waals surface area contributed by atoms with Gasteiger partial charge < -0.3 is 0 Å². The van der Waals surface area contributed by atoms with Crippen LogP contribution in [0.4, 0.5) is 0 Å². The zero-order chi connectivity index (χ0) is 11.1. The van der Waals surface area contributed by atoms with Crippen LogP contribution >= 0.6 is 11.8 Å². The molecule has 2 heteroatoms. The summed E-state index contributed by atoms with van der Waals surface area (Å²) < 4.78 is 0. The minimum absolute atomic E-state index is 0.234. The van der Waals surface area contributed by atoms with Gasteiger partial charge in [-0.05, 0) is 18.6 Å². The van der Waals surface area contributed by atoms with Gasteiger partial charge in [0, 0.05) is 22.6 Å². The van der Waals surface area contributed by atoms with E-state index in [-0.39, 0.29) is 5.78 Å². The molecule has 80 valence electrons. The first-order valence-electron chi connectivity index (χ1n) is 5.15. The maximum atomic E-state index is 11.5. The Morgan fingerprint density at radius 3 is 2.60 bits per heavy atom. The van der Waals surface area contributed by atoms with Gasteiger partial charge in [0.05, 0.1) is 0 Å². The molecule has 0 atom stereocenters. The Kier molecular flexibility index (Phi) is 5.19. The molecule has 15 heavy (non-hydrogen) atoms. The minimum Gasteiger partial charge on any atom is -0.294 e. The lowest BCUT2D eigenvalue weighted by Gasteiger charge is -2.01. The number of thioether (sulfide) groups is 1. The Balaban J connectivity index is 2.63. The van der Waals surface area contributed by atoms with E-state index in [0.29, 0.717) is 6.42 Å². The van der Waals surface area contributed by atoms with E-state index in [9.17, 15) is 4.79 Å². The Hall–Kier alpha value is -1.02. The van der Waals surface area contributed by atoms with E-state index >= 15 is 0 Å². The fraction of sp³-hybridized carbons (Fsp3) is 0.308. The van der Waals surface area contributed by atoms with Gasteiger partial charge in [-0.15, -0.1) is 18.3 Å². The molecule has 0 aliphatic rings. The van der Waals surface area contributed by atoms with Crippen LogP contribution in [0.15, 0.2) is 41.8 Å². The van der Waals surface area contributed by atoms with Crippen molar-refractivity contribution in [3.8, 4) is 0 Å². The van der Waals surface area contributed by atoms with E-state index < -0.39 is 0 Å². The van der Waals surface area contributed by atoms with Gasteiger partial charge in [0.2, 0.25) is 0 Å². The molecule has 0 aliphatic heterocycles. The van der Waals surface area contributed by atoms with Crippen LogP contribution in [0.1, 0.15) is 30.1 Å². The molecule has 0 radical (unpaired) electrons.